The van der Waals surface area contributed by atoms with Gasteiger partial charge in [-0.05, 0) is 44.3 Å². The van der Waals surface area contributed by atoms with Crippen molar-refractivity contribution in [3.05, 3.63) is 47.7 Å². The Hall–Kier alpha value is -2.14. The fourth-order valence-electron chi connectivity index (χ4n) is 4.18. The zero-order valence-electron chi connectivity index (χ0n) is 13.8. The van der Waals surface area contributed by atoms with Crippen molar-refractivity contribution in [1.29, 1.82) is 0 Å². The van der Waals surface area contributed by atoms with Crippen LogP contribution >= 0.6 is 0 Å². The van der Waals surface area contributed by atoms with Gasteiger partial charge in [0.15, 0.2) is 0 Å². The van der Waals surface area contributed by atoms with Crippen molar-refractivity contribution in [1.82, 2.24) is 15.1 Å². The molecule has 1 N–H and O–H groups in total. The van der Waals surface area contributed by atoms with Crippen LogP contribution in [0.4, 0.5) is 0 Å². The number of carbonyl (C=O) groups is 2. The van der Waals surface area contributed by atoms with E-state index in [0.717, 1.165) is 37.2 Å². The lowest BCUT2D eigenvalue weighted by atomic mass is 9.89. The van der Waals surface area contributed by atoms with E-state index in [4.69, 9.17) is 0 Å². The highest BCUT2D eigenvalue weighted by molar-refractivity contribution is 6.36. The summed E-state index contributed by atoms with van der Waals surface area (Å²) in [6, 6.07) is 10.1. The molecule has 1 aromatic rings. The zero-order chi connectivity index (χ0) is 16.5. The summed E-state index contributed by atoms with van der Waals surface area (Å²) in [5, 5.41) is 2.97. The lowest BCUT2D eigenvalue weighted by Gasteiger charge is -2.44. The molecule has 1 aliphatic carbocycles. The molecule has 2 amide bonds. The van der Waals surface area contributed by atoms with Gasteiger partial charge in [-0.2, -0.15) is 0 Å². The molecule has 0 saturated carbocycles. The number of amides is 2. The molecule has 2 unspecified atom stereocenters. The van der Waals surface area contributed by atoms with Gasteiger partial charge in [0.05, 0.1) is 12.6 Å². The molecule has 24 heavy (non-hydrogen) atoms. The predicted octanol–water partition coefficient (Wildman–Crippen LogP) is 1.66. The van der Waals surface area contributed by atoms with E-state index in [1.165, 1.54) is 12.8 Å². The van der Waals surface area contributed by atoms with Gasteiger partial charge in [0.1, 0.15) is 0 Å². The van der Waals surface area contributed by atoms with Crippen molar-refractivity contribution >= 4 is 11.8 Å². The van der Waals surface area contributed by atoms with E-state index in [0.29, 0.717) is 12.6 Å². The molecule has 126 valence electrons. The van der Waals surface area contributed by atoms with E-state index in [9.17, 15) is 9.59 Å². The van der Waals surface area contributed by atoms with Crippen LogP contribution in [0.25, 0.3) is 0 Å². The maximum absolute atomic E-state index is 12.5. The summed E-state index contributed by atoms with van der Waals surface area (Å²) in [5.41, 5.74) is 2.02. The number of carbonyl (C=O) groups excluding carboxylic acids is 2. The molecule has 2 fully saturated rings. The van der Waals surface area contributed by atoms with E-state index in [2.05, 4.69) is 16.3 Å². The van der Waals surface area contributed by atoms with Gasteiger partial charge in [-0.25, -0.2) is 0 Å². The first kappa shape index (κ1) is 15.4. The Kier molecular flexibility index (Phi) is 4.10. The number of fused-ring (bicyclic) bond motifs is 1. The monoisotopic (exact) mass is 325 g/mol. The number of benzene rings is 1. The number of rotatable bonds is 3. The maximum Gasteiger partial charge on any atom is 0.316 e. The van der Waals surface area contributed by atoms with Crippen LogP contribution in [0.2, 0.25) is 0 Å². The summed E-state index contributed by atoms with van der Waals surface area (Å²) in [5.74, 6) is -0.914. The highest BCUT2D eigenvalue weighted by atomic mass is 16.2. The maximum atomic E-state index is 12.5. The van der Waals surface area contributed by atoms with Crippen LogP contribution in [0, 0.1) is 0 Å². The Labute approximate surface area is 142 Å². The van der Waals surface area contributed by atoms with Crippen molar-refractivity contribution in [3.63, 3.8) is 0 Å². The first-order chi connectivity index (χ1) is 11.7. The van der Waals surface area contributed by atoms with Crippen LogP contribution in [0.15, 0.2) is 42.1 Å². The molecule has 1 aromatic carbocycles. The van der Waals surface area contributed by atoms with Crippen LogP contribution in [0.1, 0.15) is 31.2 Å². The van der Waals surface area contributed by atoms with Gasteiger partial charge in [-0.3, -0.25) is 14.5 Å². The van der Waals surface area contributed by atoms with Crippen molar-refractivity contribution in [2.45, 2.75) is 44.3 Å². The Bertz CT molecular complexity index is 664. The lowest BCUT2D eigenvalue weighted by Crippen LogP contribution is -2.63. The molecule has 2 aliphatic heterocycles. The van der Waals surface area contributed by atoms with Crippen LogP contribution in [0.5, 0.6) is 0 Å². The highest BCUT2D eigenvalue weighted by Gasteiger charge is 2.43. The number of likely N-dealkylation sites (tertiary alicyclic amines) is 1. The van der Waals surface area contributed by atoms with Crippen LogP contribution in [-0.2, 0) is 16.1 Å². The molecule has 0 aromatic heterocycles. The van der Waals surface area contributed by atoms with Crippen molar-refractivity contribution in [3.8, 4) is 0 Å². The van der Waals surface area contributed by atoms with Crippen molar-refractivity contribution in [2.75, 3.05) is 13.1 Å². The summed E-state index contributed by atoms with van der Waals surface area (Å²) in [6.07, 6.45) is 6.59. The summed E-state index contributed by atoms with van der Waals surface area (Å²) in [6.45, 7) is 2.65. The Balaban J connectivity index is 1.62. The van der Waals surface area contributed by atoms with E-state index < -0.39 is 11.8 Å². The quantitative estimate of drug-likeness (QED) is 0.860. The summed E-state index contributed by atoms with van der Waals surface area (Å²) >= 11 is 0. The number of piperazine rings is 1. The molecule has 2 heterocycles. The topological polar surface area (TPSA) is 52.7 Å². The van der Waals surface area contributed by atoms with Crippen LogP contribution in [-0.4, -0.2) is 46.8 Å². The fraction of sp³-hybridized carbons (Fsp3) is 0.474. The molecule has 0 spiro atoms. The zero-order valence-corrected chi connectivity index (χ0v) is 13.8. The van der Waals surface area contributed by atoms with E-state index in [1.807, 2.05) is 30.3 Å². The van der Waals surface area contributed by atoms with Gasteiger partial charge in [0.2, 0.25) is 0 Å². The average Bonchev–Trinajstić information content (AvgIpc) is 3.14. The molecule has 5 heteroatoms. The predicted molar refractivity (Wildman–Crippen MR) is 90.8 cm³/mol. The summed E-state index contributed by atoms with van der Waals surface area (Å²) < 4.78 is 0. The molecule has 5 nitrogen and oxygen atoms in total. The highest BCUT2D eigenvalue weighted by Crippen LogP contribution is 2.31. The second-order valence-electron chi connectivity index (χ2n) is 6.84. The fourth-order valence-corrected chi connectivity index (χ4v) is 4.18. The number of nitrogens with zero attached hydrogens (tertiary/aromatic N) is 2. The van der Waals surface area contributed by atoms with E-state index in [1.54, 1.807) is 4.90 Å². The number of nitrogens with one attached hydrogen (secondary N) is 1. The van der Waals surface area contributed by atoms with Gasteiger partial charge >= 0.3 is 11.8 Å². The molecular weight excluding hydrogens is 302 g/mol. The standard InChI is InChI=1S/C19H23N3O2/c23-18-19(24)22(13-14-7-2-1-3-8-14)16-10-6-9-15(17(16)20-18)21-11-4-5-12-21/h1-3,7-8,10,15,17H,4-6,9,11-13H2,(H,20,23). The lowest BCUT2D eigenvalue weighted by molar-refractivity contribution is -0.148. The van der Waals surface area contributed by atoms with Crippen LogP contribution in [0.3, 0.4) is 0 Å². The normalized spacial score (nSPS) is 27.7. The van der Waals surface area contributed by atoms with Crippen LogP contribution < -0.4 is 5.32 Å². The van der Waals surface area contributed by atoms with Gasteiger partial charge in [0.25, 0.3) is 0 Å². The number of hydrogen-bond acceptors (Lipinski definition) is 3. The smallest absolute Gasteiger partial charge is 0.316 e. The minimum atomic E-state index is -0.473. The minimum Gasteiger partial charge on any atom is -0.338 e. The minimum absolute atomic E-state index is 0.0641. The molecule has 3 aliphatic rings. The van der Waals surface area contributed by atoms with Gasteiger partial charge < -0.3 is 10.2 Å². The first-order valence-corrected chi connectivity index (χ1v) is 8.84. The third-order valence-corrected chi connectivity index (χ3v) is 5.35. The number of allylic oxidation sites excluding steroid dienone is 1. The molecule has 0 radical (unpaired) electrons. The molecule has 2 atom stereocenters. The Morgan fingerprint density at radius 1 is 1.08 bits per heavy atom. The molecule has 0 bridgehead atoms. The third-order valence-electron chi connectivity index (χ3n) is 5.35. The van der Waals surface area contributed by atoms with Gasteiger partial charge in [0, 0.05) is 11.7 Å². The van der Waals surface area contributed by atoms with E-state index >= 15 is 0 Å². The van der Waals surface area contributed by atoms with Gasteiger partial charge in [-0.15, -0.1) is 0 Å². The number of hydrogen-bond donors (Lipinski definition) is 1. The average molecular weight is 325 g/mol. The van der Waals surface area contributed by atoms with E-state index in [-0.39, 0.29) is 6.04 Å². The van der Waals surface area contributed by atoms with Gasteiger partial charge in [-0.1, -0.05) is 36.4 Å². The molecule has 4 rings (SSSR count). The first-order valence-electron chi connectivity index (χ1n) is 8.84. The summed E-state index contributed by atoms with van der Waals surface area (Å²) in [4.78, 5) is 28.9. The largest absolute Gasteiger partial charge is 0.338 e. The Morgan fingerprint density at radius 2 is 1.83 bits per heavy atom. The second kappa shape index (κ2) is 6.40. The third kappa shape index (κ3) is 2.73. The van der Waals surface area contributed by atoms with Crippen molar-refractivity contribution in [2.24, 2.45) is 0 Å². The molecular formula is C19H23N3O2. The molecule has 2 saturated heterocycles. The Morgan fingerprint density at radius 3 is 2.58 bits per heavy atom. The SMILES string of the molecule is O=C1NC2C(=CCCC2N2CCCC2)N(Cc2ccccc2)C1=O. The van der Waals surface area contributed by atoms with Crippen molar-refractivity contribution < 1.29 is 9.59 Å². The summed E-state index contributed by atoms with van der Waals surface area (Å²) in [7, 11) is 0. The second-order valence-corrected chi connectivity index (χ2v) is 6.84.